The molecule has 0 aromatic carbocycles. The molecule has 1 aromatic heterocycles. The van der Waals surface area contributed by atoms with Crippen LogP contribution >= 0.6 is 23.4 Å². The van der Waals surface area contributed by atoms with Crippen molar-refractivity contribution in [1.82, 2.24) is 4.98 Å². The highest BCUT2D eigenvalue weighted by molar-refractivity contribution is 7.99. The van der Waals surface area contributed by atoms with Gasteiger partial charge in [0.25, 0.3) is 0 Å². The molecule has 2 heterocycles. The Morgan fingerprint density at radius 1 is 1.29 bits per heavy atom. The van der Waals surface area contributed by atoms with Crippen LogP contribution in [0.4, 0.5) is 0 Å². The Hall–Kier alpha value is -0.530. The van der Waals surface area contributed by atoms with Gasteiger partial charge in [0.15, 0.2) is 5.44 Å². The first-order valence-electron chi connectivity index (χ1n) is 5.01. The van der Waals surface area contributed by atoms with Gasteiger partial charge >= 0.3 is 0 Å². The second-order valence-corrected chi connectivity index (χ2v) is 5.27. The topological polar surface area (TPSA) is 82.8 Å². The lowest BCUT2D eigenvalue weighted by molar-refractivity contribution is -0.0786. The van der Waals surface area contributed by atoms with E-state index in [0.717, 1.165) is 0 Å². The minimum Gasteiger partial charge on any atom is -0.475 e. The molecule has 0 saturated carbocycles. The van der Waals surface area contributed by atoms with Crippen LogP contribution in [0.1, 0.15) is 0 Å². The molecule has 0 spiro atoms. The number of rotatable bonds is 2. The van der Waals surface area contributed by atoms with E-state index in [-0.39, 0.29) is 0 Å². The number of aliphatic hydroxyl groups excluding tert-OH is 3. The van der Waals surface area contributed by atoms with Gasteiger partial charge in [-0.2, -0.15) is 0 Å². The Morgan fingerprint density at radius 3 is 2.76 bits per heavy atom. The van der Waals surface area contributed by atoms with Gasteiger partial charge < -0.3 is 20.1 Å². The lowest BCUT2D eigenvalue weighted by Crippen LogP contribution is -2.50. The first-order valence-corrected chi connectivity index (χ1v) is 6.43. The smallest absolute Gasteiger partial charge is 0.173 e. The number of ether oxygens (including phenoxy) is 1. The van der Waals surface area contributed by atoms with Crippen molar-refractivity contribution in [1.29, 1.82) is 0 Å². The summed E-state index contributed by atoms with van der Waals surface area (Å²) in [5.74, 6) is 0.717. The Balaban J connectivity index is 2.04. The first-order chi connectivity index (χ1) is 8.08. The van der Waals surface area contributed by atoms with E-state index < -0.39 is 23.7 Å². The van der Waals surface area contributed by atoms with Crippen molar-refractivity contribution in [3.05, 3.63) is 23.5 Å². The highest BCUT2D eigenvalue weighted by Crippen LogP contribution is 2.29. The zero-order valence-corrected chi connectivity index (χ0v) is 10.3. The quantitative estimate of drug-likeness (QED) is 0.720. The van der Waals surface area contributed by atoms with Crippen LogP contribution in [-0.2, 0) is 0 Å². The maximum Gasteiger partial charge on any atom is 0.173 e. The SMILES string of the molecule is O[C@@H]1[C@@H](O)[C@@H](Oc2cncc(Cl)c2)SC[C@H]1O. The summed E-state index contributed by atoms with van der Waals surface area (Å²) in [5.41, 5.74) is -0.645. The number of nitrogens with zero attached hydrogens (tertiary/aromatic N) is 1. The molecule has 0 aliphatic carbocycles. The molecule has 0 bridgehead atoms. The molecule has 4 atom stereocenters. The van der Waals surface area contributed by atoms with Crippen molar-refractivity contribution >= 4 is 23.4 Å². The van der Waals surface area contributed by atoms with Crippen LogP contribution in [0.25, 0.3) is 0 Å². The van der Waals surface area contributed by atoms with Gasteiger partial charge in [0.2, 0.25) is 0 Å². The van der Waals surface area contributed by atoms with E-state index in [0.29, 0.717) is 16.5 Å². The standard InChI is InChI=1S/C10H12ClNO4S/c11-5-1-6(3-12-2-5)16-10-9(15)8(14)7(13)4-17-10/h1-3,7-10,13-15H,4H2/t7-,8+,9-,10+/m1/s1. The van der Waals surface area contributed by atoms with Gasteiger partial charge in [-0.05, 0) is 0 Å². The molecule has 1 fully saturated rings. The molecule has 0 amide bonds. The predicted octanol–water partition coefficient (Wildman–Crippen LogP) is 0.269. The Labute approximate surface area is 107 Å². The van der Waals surface area contributed by atoms with Gasteiger partial charge in [-0.15, -0.1) is 11.8 Å². The van der Waals surface area contributed by atoms with E-state index in [1.807, 2.05) is 0 Å². The fourth-order valence-corrected chi connectivity index (χ4v) is 2.76. The van der Waals surface area contributed by atoms with Gasteiger partial charge in [0, 0.05) is 18.0 Å². The Morgan fingerprint density at radius 2 is 2.06 bits per heavy atom. The molecular weight excluding hydrogens is 266 g/mol. The first kappa shape index (κ1) is 12.9. The zero-order valence-electron chi connectivity index (χ0n) is 8.73. The molecule has 1 aliphatic rings. The minimum absolute atomic E-state index is 0.302. The summed E-state index contributed by atoms with van der Waals surface area (Å²) in [7, 11) is 0. The van der Waals surface area contributed by atoms with Crippen molar-refractivity contribution in [3.63, 3.8) is 0 Å². The summed E-state index contributed by atoms with van der Waals surface area (Å²) < 4.78 is 5.46. The fraction of sp³-hybridized carbons (Fsp3) is 0.500. The maximum absolute atomic E-state index is 9.73. The van der Waals surface area contributed by atoms with Crippen LogP contribution in [-0.4, -0.2) is 49.8 Å². The van der Waals surface area contributed by atoms with Gasteiger partial charge in [0.05, 0.1) is 17.3 Å². The van der Waals surface area contributed by atoms with Crippen molar-refractivity contribution in [2.75, 3.05) is 5.75 Å². The Kier molecular flexibility index (Phi) is 4.11. The van der Waals surface area contributed by atoms with Crippen LogP contribution in [0.15, 0.2) is 18.5 Å². The molecule has 1 aromatic rings. The van der Waals surface area contributed by atoms with Gasteiger partial charge in [-0.25, -0.2) is 0 Å². The van der Waals surface area contributed by atoms with E-state index in [1.165, 1.54) is 24.2 Å². The van der Waals surface area contributed by atoms with E-state index in [4.69, 9.17) is 16.3 Å². The van der Waals surface area contributed by atoms with Crippen LogP contribution in [0.5, 0.6) is 5.75 Å². The van der Waals surface area contributed by atoms with Gasteiger partial charge in [-0.1, -0.05) is 11.6 Å². The monoisotopic (exact) mass is 277 g/mol. The molecular formula is C10H12ClNO4S. The number of halogens is 1. The van der Waals surface area contributed by atoms with Crippen molar-refractivity contribution < 1.29 is 20.1 Å². The third-order valence-electron chi connectivity index (χ3n) is 2.39. The number of aliphatic hydroxyl groups is 3. The molecule has 0 radical (unpaired) electrons. The summed E-state index contributed by atoms with van der Waals surface area (Å²) in [6.07, 6.45) is -0.350. The zero-order chi connectivity index (χ0) is 12.4. The van der Waals surface area contributed by atoms with Crippen molar-refractivity contribution in [3.8, 4) is 5.75 Å². The van der Waals surface area contributed by atoms with E-state index in [1.54, 1.807) is 6.07 Å². The average Bonchev–Trinajstić information content (AvgIpc) is 2.30. The lowest BCUT2D eigenvalue weighted by Gasteiger charge is -2.34. The molecule has 17 heavy (non-hydrogen) atoms. The van der Waals surface area contributed by atoms with E-state index >= 15 is 0 Å². The second-order valence-electron chi connectivity index (χ2n) is 3.71. The predicted molar refractivity (Wildman–Crippen MR) is 64.1 cm³/mol. The van der Waals surface area contributed by atoms with Crippen molar-refractivity contribution in [2.45, 2.75) is 23.7 Å². The summed E-state index contributed by atoms with van der Waals surface area (Å²) in [6, 6.07) is 1.57. The molecule has 1 aliphatic heterocycles. The lowest BCUT2D eigenvalue weighted by atomic mass is 10.1. The van der Waals surface area contributed by atoms with Crippen LogP contribution in [0, 0.1) is 0 Å². The van der Waals surface area contributed by atoms with Crippen molar-refractivity contribution in [2.24, 2.45) is 0 Å². The highest BCUT2D eigenvalue weighted by Gasteiger charge is 2.38. The van der Waals surface area contributed by atoms with E-state index in [2.05, 4.69) is 4.98 Å². The third kappa shape index (κ3) is 3.02. The molecule has 3 N–H and O–H groups in total. The highest BCUT2D eigenvalue weighted by atomic mass is 35.5. The summed E-state index contributed by atoms with van der Waals surface area (Å²) in [4.78, 5) is 3.85. The minimum atomic E-state index is -1.20. The van der Waals surface area contributed by atoms with Crippen LogP contribution in [0.3, 0.4) is 0 Å². The normalized spacial score (nSPS) is 33.4. The maximum atomic E-state index is 9.73. The summed E-state index contributed by atoms with van der Waals surface area (Å²) in [6.45, 7) is 0. The van der Waals surface area contributed by atoms with Crippen LogP contribution in [0.2, 0.25) is 5.02 Å². The summed E-state index contributed by atoms with van der Waals surface area (Å²) >= 11 is 6.98. The van der Waals surface area contributed by atoms with E-state index in [9.17, 15) is 15.3 Å². The third-order valence-corrected chi connectivity index (χ3v) is 3.83. The van der Waals surface area contributed by atoms with Crippen LogP contribution < -0.4 is 4.74 Å². The number of thioether (sulfide) groups is 1. The molecule has 2 rings (SSSR count). The average molecular weight is 278 g/mol. The Bertz CT molecular complexity index is 394. The molecule has 7 heteroatoms. The molecule has 94 valence electrons. The fourth-order valence-electron chi connectivity index (χ4n) is 1.47. The molecule has 1 saturated heterocycles. The number of pyridine rings is 1. The molecule has 0 unspecified atom stereocenters. The number of hydrogen-bond acceptors (Lipinski definition) is 6. The number of aromatic nitrogens is 1. The molecule has 5 nitrogen and oxygen atoms in total. The van der Waals surface area contributed by atoms with Gasteiger partial charge in [-0.3, -0.25) is 4.98 Å². The second kappa shape index (κ2) is 5.41. The largest absolute Gasteiger partial charge is 0.475 e. The summed E-state index contributed by atoms with van der Waals surface area (Å²) in [5, 5.41) is 29.0. The van der Waals surface area contributed by atoms with Gasteiger partial charge in [0.1, 0.15) is 18.0 Å². The number of hydrogen-bond donors (Lipinski definition) is 3.